The van der Waals surface area contributed by atoms with Crippen LogP contribution in [0.4, 0.5) is 0 Å². The van der Waals surface area contributed by atoms with Crippen LogP contribution in [0, 0.1) is 0 Å². The van der Waals surface area contributed by atoms with Gasteiger partial charge in [0.15, 0.2) is 16.6 Å². The standard InChI is InChI=1S/C16H28N2O5Si2/c1-24(2,11-17-13(19)7-5-8-14(17)20)23-25(3,4)12-18-15(21)9-6-10-16(18)22/h5-12H2,1-4H3. The predicted octanol–water partition coefficient (Wildman–Crippen LogP) is 1.57. The Labute approximate surface area is 150 Å². The summed E-state index contributed by atoms with van der Waals surface area (Å²) in [7, 11) is -4.68. The van der Waals surface area contributed by atoms with Crippen LogP contribution in [0.3, 0.4) is 0 Å². The zero-order valence-corrected chi connectivity index (χ0v) is 17.6. The number of rotatable bonds is 6. The molecule has 0 aromatic heterocycles. The first-order chi connectivity index (χ1) is 11.5. The molecule has 0 saturated carbocycles. The molecule has 2 fully saturated rings. The molecule has 0 aromatic carbocycles. The van der Waals surface area contributed by atoms with Crippen molar-refractivity contribution < 1.29 is 23.3 Å². The lowest BCUT2D eigenvalue weighted by Gasteiger charge is -2.39. The van der Waals surface area contributed by atoms with E-state index in [-0.39, 0.29) is 23.6 Å². The average molecular weight is 385 g/mol. The molecule has 0 radical (unpaired) electrons. The maximum absolute atomic E-state index is 12.0. The second-order valence-electron chi connectivity index (χ2n) is 8.08. The molecule has 2 heterocycles. The smallest absolute Gasteiger partial charge is 0.228 e. The summed E-state index contributed by atoms with van der Waals surface area (Å²) in [6.45, 7) is 7.93. The first-order valence-electron chi connectivity index (χ1n) is 8.87. The summed E-state index contributed by atoms with van der Waals surface area (Å²) in [5, 5.41) is 0. The Balaban J connectivity index is 2.01. The van der Waals surface area contributed by atoms with Crippen molar-refractivity contribution in [3.8, 4) is 0 Å². The zero-order chi connectivity index (χ0) is 18.8. The molecule has 2 aliphatic heterocycles. The zero-order valence-electron chi connectivity index (χ0n) is 15.6. The molecule has 0 aromatic rings. The van der Waals surface area contributed by atoms with Gasteiger partial charge in [0, 0.05) is 38.0 Å². The molecule has 9 heteroatoms. The second-order valence-corrected chi connectivity index (χ2v) is 16.6. The fourth-order valence-corrected chi connectivity index (χ4v) is 12.3. The molecule has 0 N–H and O–H groups in total. The van der Waals surface area contributed by atoms with Gasteiger partial charge in [0.1, 0.15) is 0 Å². The van der Waals surface area contributed by atoms with Crippen LogP contribution in [0.1, 0.15) is 38.5 Å². The molecule has 0 bridgehead atoms. The highest BCUT2D eigenvalue weighted by Crippen LogP contribution is 2.22. The van der Waals surface area contributed by atoms with E-state index in [4.69, 9.17) is 4.12 Å². The number of likely N-dealkylation sites (tertiary alicyclic amines) is 2. The molecule has 0 atom stereocenters. The number of piperidine rings is 2. The molecular weight excluding hydrogens is 356 g/mol. The maximum Gasteiger partial charge on any atom is 0.228 e. The highest BCUT2D eigenvalue weighted by atomic mass is 28.4. The first-order valence-corrected chi connectivity index (χ1v) is 15.1. The second kappa shape index (κ2) is 7.50. The Kier molecular flexibility index (Phi) is 6.00. The van der Waals surface area contributed by atoms with Crippen LogP contribution >= 0.6 is 0 Å². The topological polar surface area (TPSA) is 84.0 Å². The molecule has 2 saturated heterocycles. The number of imide groups is 2. The number of hydrogen-bond donors (Lipinski definition) is 0. The van der Waals surface area contributed by atoms with E-state index in [0.717, 1.165) is 0 Å². The molecule has 4 amide bonds. The van der Waals surface area contributed by atoms with E-state index >= 15 is 0 Å². The van der Waals surface area contributed by atoms with E-state index < -0.39 is 16.6 Å². The molecule has 0 spiro atoms. The molecule has 2 rings (SSSR count). The van der Waals surface area contributed by atoms with E-state index in [0.29, 0.717) is 50.9 Å². The van der Waals surface area contributed by atoms with Crippen molar-refractivity contribution in [3.05, 3.63) is 0 Å². The summed E-state index contributed by atoms with van der Waals surface area (Å²) < 4.78 is 6.41. The predicted molar refractivity (Wildman–Crippen MR) is 97.2 cm³/mol. The number of carbonyl (C=O) groups excluding carboxylic acids is 4. The number of carbonyl (C=O) groups is 4. The lowest BCUT2D eigenvalue weighted by molar-refractivity contribution is -0.148. The maximum atomic E-state index is 12.0. The van der Waals surface area contributed by atoms with Gasteiger partial charge < -0.3 is 4.12 Å². The fraction of sp³-hybridized carbons (Fsp3) is 0.750. The molecule has 25 heavy (non-hydrogen) atoms. The molecule has 7 nitrogen and oxygen atoms in total. The molecule has 0 unspecified atom stereocenters. The molecule has 140 valence electrons. The monoisotopic (exact) mass is 384 g/mol. The minimum absolute atomic E-state index is 0.124. The summed E-state index contributed by atoms with van der Waals surface area (Å²) in [5.74, 6) is -0.495. The summed E-state index contributed by atoms with van der Waals surface area (Å²) in [6.07, 6.45) is 3.56. The van der Waals surface area contributed by atoms with Crippen LogP contribution < -0.4 is 0 Å². The Bertz CT molecular complexity index is 509. The lowest BCUT2D eigenvalue weighted by Crippen LogP contribution is -2.59. The first kappa shape index (κ1) is 20.0. The number of amides is 4. The lowest BCUT2D eigenvalue weighted by atomic mass is 10.1. The van der Waals surface area contributed by atoms with Gasteiger partial charge in [0.05, 0.1) is 0 Å². The van der Waals surface area contributed by atoms with E-state index in [1.54, 1.807) is 0 Å². The Morgan fingerprint density at radius 1 is 0.680 bits per heavy atom. The quantitative estimate of drug-likeness (QED) is 0.513. The third-order valence-electron chi connectivity index (χ3n) is 4.40. The third kappa shape index (κ3) is 5.32. The van der Waals surface area contributed by atoms with Crippen LogP contribution in [-0.4, -0.2) is 62.4 Å². The van der Waals surface area contributed by atoms with Gasteiger partial charge in [0.25, 0.3) is 0 Å². The van der Waals surface area contributed by atoms with Crippen LogP contribution in [0.5, 0.6) is 0 Å². The SMILES string of the molecule is C[Si](C)(CN1C(=O)CCCC1=O)O[Si](C)(C)CN1C(=O)CCCC1=O. The largest absolute Gasteiger partial charge is 0.453 e. The normalized spacial score (nSPS) is 20.5. The average Bonchev–Trinajstić information content (AvgIpc) is 2.46. The van der Waals surface area contributed by atoms with Gasteiger partial charge >= 0.3 is 0 Å². The summed E-state index contributed by atoms with van der Waals surface area (Å²) in [4.78, 5) is 50.8. The summed E-state index contributed by atoms with van der Waals surface area (Å²) in [5.41, 5.74) is 0. The number of hydrogen-bond acceptors (Lipinski definition) is 5. The number of nitrogens with zero attached hydrogens (tertiary/aromatic N) is 2. The van der Waals surface area contributed by atoms with Gasteiger partial charge in [0.2, 0.25) is 23.6 Å². The summed E-state index contributed by atoms with van der Waals surface area (Å²) >= 11 is 0. The minimum atomic E-state index is -2.34. The highest BCUT2D eigenvalue weighted by molar-refractivity contribution is 6.85. The van der Waals surface area contributed by atoms with E-state index in [1.807, 2.05) is 26.2 Å². The molecular formula is C16H28N2O5Si2. The summed E-state index contributed by atoms with van der Waals surface area (Å²) in [6, 6.07) is 0. The Morgan fingerprint density at radius 2 is 0.960 bits per heavy atom. The Morgan fingerprint density at radius 3 is 1.24 bits per heavy atom. The van der Waals surface area contributed by atoms with Gasteiger partial charge in [-0.15, -0.1) is 0 Å². The minimum Gasteiger partial charge on any atom is -0.453 e. The van der Waals surface area contributed by atoms with Crippen LogP contribution in [-0.2, 0) is 23.3 Å². The van der Waals surface area contributed by atoms with Crippen molar-refractivity contribution in [1.29, 1.82) is 0 Å². The van der Waals surface area contributed by atoms with Crippen LogP contribution in [0.2, 0.25) is 26.2 Å². The van der Waals surface area contributed by atoms with Crippen molar-refractivity contribution in [2.75, 3.05) is 12.3 Å². The van der Waals surface area contributed by atoms with Gasteiger partial charge in [-0.2, -0.15) is 0 Å². The van der Waals surface area contributed by atoms with E-state index in [1.165, 1.54) is 9.80 Å². The van der Waals surface area contributed by atoms with Crippen LogP contribution in [0.25, 0.3) is 0 Å². The van der Waals surface area contributed by atoms with Crippen molar-refractivity contribution in [1.82, 2.24) is 9.80 Å². The third-order valence-corrected chi connectivity index (χ3v) is 11.0. The Hall–Kier alpha value is -1.33. The van der Waals surface area contributed by atoms with Crippen molar-refractivity contribution >= 4 is 40.3 Å². The van der Waals surface area contributed by atoms with Crippen molar-refractivity contribution in [2.45, 2.75) is 64.7 Å². The highest BCUT2D eigenvalue weighted by Gasteiger charge is 2.41. The van der Waals surface area contributed by atoms with Gasteiger partial charge in [-0.3, -0.25) is 29.0 Å². The molecule has 0 aliphatic carbocycles. The van der Waals surface area contributed by atoms with Crippen molar-refractivity contribution in [2.24, 2.45) is 0 Å². The van der Waals surface area contributed by atoms with Crippen molar-refractivity contribution in [3.63, 3.8) is 0 Å². The molecule has 2 aliphatic rings. The van der Waals surface area contributed by atoms with Crippen LogP contribution in [0.15, 0.2) is 0 Å². The fourth-order valence-electron chi connectivity index (χ4n) is 3.53. The van der Waals surface area contributed by atoms with Gasteiger partial charge in [-0.25, -0.2) is 0 Å². The van der Waals surface area contributed by atoms with Gasteiger partial charge in [-0.1, -0.05) is 0 Å². The van der Waals surface area contributed by atoms with Gasteiger partial charge in [-0.05, 0) is 39.0 Å². The van der Waals surface area contributed by atoms with E-state index in [9.17, 15) is 19.2 Å². The van der Waals surface area contributed by atoms with E-state index in [2.05, 4.69) is 0 Å².